The molecular formula is C7H16BrNO2S. The van der Waals surface area contributed by atoms with Gasteiger partial charge in [-0.1, -0.05) is 13.3 Å². The van der Waals surface area contributed by atoms with Crippen molar-refractivity contribution in [3.8, 4) is 0 Å². The number of halogens is 1. The Morgan fingerprint density at radius 1 is 1.25 bits per heavy atom. The number of nitrogens with one attached hydrogen (secondary N) is 1. The van der Waals surface area contributed by atoms with Gasteiger partial charge in [-0.15, -0.1) is 0 Å². The fourth-order valence-corrected chi connectivity index (χ4v) is 2.05. The first-order valence-corrected chi connectivity index (χ1v) is 6.77. The second-order valence-corrected chi connectivity index (χ2v) is 5.71. The van der Waals surface area contributed by atoms with Gasteiger partial charge in [0.1, 0.15) is 9.84 Å². The molecule has 0 aromatic rings. The molecule has 0 rings (SSSR count). The van der Waals surface area contributed by atoms with E-state index in [9.17, 15) is 8.42 Å². The van der Waals surface area contributed by atoms with Crippen molar-refractivity contribution in [3.05, 3.63) is 0 Å². The van der Waals surface area contributed by atoms with Crippen molar-refractivity contribution >= 4 is 26.0 Å². The van der Waals surface area contributed by atoms with E-state index in [1.165, 1.54) is 0 Å². The van der Waals surface area contributed by atoms with Gasteiger partial charge in [-0.05, 0) is 12.8 Å². The van der Waals surface area contributed by atoms with Crippen LogP contribution in [0.15, 0.2) is 0 Å². The molecule has 12 heavy (non-hydrogen) atoms. The zero-order valence-corrected chi connectivity index (χ0v) is 9.75. The van der Waals surface area contributed by atoms with Crippen LogP contribution in [-0.4, -0.2) is 26.5 Å². The van der Waals surface area contributed by atoms with Gasteiger partial charge in [0.2, 0.25) is 0 Å². The Kier molecular flexibility index (Phi) is 7.08. The summed E-state index contributed by atoms with van der Waals surface area (Å²) in [7, 11) is -2.74. The molecule has 5 heteroatoms. The fraction of sp³-hybridized carbons (Fsp3) is 1.00. The monoisotopic (exact) mass is 257 g/mol. The van der Waals surface area contributed by atoms with Crippen LogP contribution in [0.3, 0.4) is 0 Å². The summed E-state index contributed by atoms with van der Waals surface area (Å²) in [6.45, 7) is 2.58. The van der Waals surface area contributed by atoms with E-state index in [2.05, 4.69) is 20.5 Å². The third-order valence-electron chi connectivity index (χ3n) is 1.67. The standard InChI is InChI=1S/C7H16BrNO2S/c1-2-12(10,11)7-5-3-4-6-9-8/h9H,2-7H2,1H3. The lowest BCUT2D eigenvalue weighted by atomic mass is 10.2. The van der Waals surface area contributed by atoms with E-state index in [1.54, 1.807) is 6.92 Å². The maximum Gasteiger partial charge on any atom is 0.150 e. The Bertz CT molecular complexity index is 192. The Balaban J connectivity index is 3.32. The van der Waals surface area contributed by atoms with Gasteiger partial charge in [0.25, 0.3) is 0 Å². The van der Waals surface area contributed by atoms with Crippen molar-refractivity contribution in [2.24, 2.45) is 0 Å². The van der Waals surface area contributed by atoms with Crippen LogP contribution in [-0.2, 0) is 9.84 Å². The number of sulfone groups is 1. The molecular weight excluding hydrogens is 242 g/mol. The molecule has 0 amide bonds. The summed E-state index contributed by atoms with van der Waals surface area (Å²) in [5, 5.41) is 0. The predicted molar refractivity (Wildman–Crippen MR) is 55.1 cm³/mol. The average molecular weight is 258 g/mol. The lowest BCUT2D eigenvalue weighted by molar-refractivity contribution is 0.590. The molecule has 0 aliphatic carbocycles. The number of hydrogen-bond acceptors (Lipinski definition) is 3. The van der Waals surface area contributed by atoms with Gasteiger partial charge in [-0.3, -0.25) is 4.34 Å². The van der Waals surface area contributed by atoms with Crippen molar-refractivity contribution in [2.75, 3.05) is 18.1 Å². The summed E-state index contributed by atoms with van der Waals surface area (Å²) < 4.78 is 24.9. The SMILES string of the molecule is CCS(=O)(=O)CCCCCNBr. The highest BCUT2D eigenvalue weighted by Crippen LogP contribution is 1.99. The zero-order chi connectivity index (χ0) is 9.45. The van der Waals surface area contributed by atoms with E-state index < -0.39 is 9.84 Å². The molecule has 0 radical (unpaired) electrons. The Morgan fingerprint density at radius 2 is 1.92 bits per heavy atom. The minimum absolute atomic E-state index is 0.268. The van der Waals surface area contributed by atoms with Crippen molar-refractivity contribution in [3.63, 3.8) is 0 Å². The van der Waals surface area contributed by atoms with Crippen molar-refractivity contribution < 1.29 is 8.42 Å². The summed E-state index contributed by atoms with van der Waals surface area (Å²) in [5.74, 6) is 0.607. The molecule has 0 spiro atoms. The van der Waals surface area contributed by atoms with E-state index in [-0.39, 0.29) is 5.75 Å². The topological polar surface area (TPSA) is 46.2 Å². The zero-order valence-electron chi connectivity index (χ0n) is 7.35. The lowest BCUT2D eigenvalue weighted by Crippen LogP contribution is -2.09. The van der Waals surface area contributed by atoms with Crippen LogP contribution in [0.1, 0.15) is 26.2 Å². The third-order valence-corrected chi connectivity index (χ3v) is 3.85. The fourth-order valence-electron chi connectivity index (χ4n) is 0.835. The van der Waals surface area contributed by atoms with E-state index in [0.717, 1.165) is 25.8 Å². The van der Waals surface area contributed by atoms with Gasteiger partial charge in [0.05, 0.1) is 5.75 Å². The van der Waals surface area contributed by atoms with Crippen LogP contribution in [0.25, 0.3) is 0 Å². The van der Waals surface area contributed by atoms with Gasteiger partial charge >= 0.3 is 0 Å². The summed E-state index contributed by atoms with van der Waals surface area (Å²) >= 11 is 3.09. The van der Waals surface area contributed by atoms with Gasteiger partial charge < -0.3 is 0 Å². The highest BCUT2D eigenvalue weighted by molar-refractivity contribution is 9.08. The van der Waals surface area contributed by atoms with Crippen molar-refractivity contribution in [1.82, 2.24) is 4.34 Å². The van der Waals surface area contributed by atoms with Gasteiger partial charge in [0, 0.05) is 28.4 Å². The third kappa shape index (κ3) is 7.06. The highest BCUT2D eigenvalue weighted by atomic mass is 79.9. The van der Waals surface area contributed by atoms with Crippen LogP contribution < -0.4 is 4.34 Å². The minimum Gasteiger partial charge on any atom is -0.256 e. The minimum atomic E-state index is -2.74. The van der Waals surface area contributed by atoms with Crippen LogP contribution in [0.2, 0.25) is 0 Å². The molecule has 0 aromatic carbocycles. The van der Waals surface area contributed by atoms with Crippen molar-refractivity contribution in [1.29, 1.82) is 0 Å². The van der Waals surface area contributed by atoms with Crippen LogP contribution >= 0.6 is 16.1 Å². The first kappa shape index (κ1) is 12.4. The first-order chi connectivity index (χ1) is 5.62. The van der Waals surface area contributed by atoms with E-state index in [4.69, 9.17) is 0 Å². The van der Waals surface area contributed by atoms with Crippen LogP contribution in [0, 0.1) is 0 Å². The second kappa shape index (κ2) is 6.86. The van der Waals surface area contributed by atoms with Gasteiger partial charge in [-0.25, -0.2) is 8.42 Å². The molecule has 0 aliphatic rings. The Hall–Kier alpha value is 0.390. The Labute approximate surface area is 83.2 Å². The first-order valence-electron chi connectivity index (χ1n) is 4.16. The molecule has 0 aliphatic heterocycles. The molecule has 0 fully saturated rings. The maximum absolute atomic E-state index is 11.0. The normalized spacial score (nSPS) is 11.8. The van der Waals surface area contributed by atoms with E-state index >= 15 is 0 Å². The Morgan fingerprint density at radius 3 is 2.42 bits per heavy atom. The molecule has 0 bridgehead atoms. The molecule has 0 saturated heterocycles. The lowest BCUT2D eigenvalue weighted by Gasteiger charge is -2.00. The molecule has 1 N–H and O–H groups in total. The molecule has 0 saturated carbocycles. The number of rotatable bonds is 7. The average Bonchev–Trinajstić information content (AvgIpc) is 2.04. The van der Waals surface area contributed by atoms with E-state index in [0.29, 0.717) is 5.75 Å². The molecule has 0 heterocycles. The summed E-state index contributed by atoms with van der Waals surface area (Å²) in [5.41, 5.74) is 0. The van der Waals surface area contributed by atoms with Crippen LogP contribution in [0.5, 0.6) is 0 Å². The molecule has 3 nitrogen and oxygen atoms in total. The van der Waals surface area contributed by atoms with Gasteiger partial charge in [0.15, 0.2) is 0 Å². The van der Waals surface area contributed by atoms with E-state index in [1.807, 2.05) is 0 Å². The maximum atomic E-state index is 11.0. The highest BCUT2D eigenvalue weighted by Gasteiger charge is 2.05. The summed E-state index contributed by atoms with van der Waals surface area (Å²) in [6.07, 6.45) is 2.77. The second-order valence-electron chi connectivity index (χ2n) is 2.68. The van der Waals surface area contributed by atoms with Crippen LogP contribution in [0.4, 0.5) is 0 Å². The molecule has 0 atom stereocenters. The predicted octanol–water partition coefficient (Wildman–Crippen LogP) is 1.49. The molecule has 0 aromatic heterocycles. The number of unbranched alkanes of at least 4 members (excludes halogenated alkanes) is 2. The summed E-state index contributed by atoms with van der Waals surface area (Å²) in [6, 6.07) is 0. The number of hydrogen-bond donors (Lipinski definition) is 1. The molecule has 0 unspecified atom stereocenters. The van der Waals surface area contributed by atoms with Crippen molar-refractivity contribution in [2.45, 2.75) is 26.2 Å². The smallest absolute Gasteiger partial charge is 0.150 e. The van der Waals surface area contributed by atoms with Gasteiger partial charge in [-0.2, -0.15) is 0 Å². The largest absolute Gasteiger partial charge is 0.256 e. The molecule has 74 valence electrons. The summed E-state index contributed by atoms with van der Waals surface area (Å²) in [4.78, 5) is 0. The quantitative estimate of drug-likeness (QED) is 0.556.